The molecule has 5 aromatic rings. The van der Waals surface area contributed by atoms with E-state index in [0.29, 0.717) is 34.7 Å². The molecule has 0 aliphatic carbocycles. The molecular weight excluding hydrogens is 390 g/mol. The van der Waals surface area contributed by atoms with Crippen molar-refractivity contribution in [2.75, 3.05) is 11.1 Å². The Morgan fingerprint density at radius 3 is 2.32 bits per heavy atom. The van der Waals surface area contributed by atoms with Crippen molar-refractivity contribution < 1.29 is 8.83 Å². The third-order valence-electron chi connectivity index (χ3n) is 4.93. The monoisotopic (exact) mass is 409 g/mol. The highest BCUT2D eigenvalue weighted by Crippen LogP contribution is 2.39. The molecule has 0 aliphatic heterocycles. The Labute approximate surface area is 178 Å². The van der Waals surface area contributed by atoms with Gasteiger partial charge in [-0.3, -0.25) is 4.98 Å². The molecule has 2 aromatic carbocycles. The molecule has 3 N–H and O–H groups in total. The molecule has 0 atom stereocenters. The van der Waals surface area contributed by atoms with Crippen molar-refractivity contribution in [2.24, 2.45) is 0 Å². The lowest BCUT2D eigenvalue weighted by molar-refractivity contribution is 0.587. The normalized spacial score (nSPS) is 10.9. The molecule has 7 nitrogen and oxygen atoms in total. The van der Waals surface area contributed by atoms with Gasteiger partial charge >= 0.3 is 0 Å². The van der Waals surface area contributed by atoms with Crippen LogP contribution in [0.1, 0.15) is 5.56 Å². The van der Waals surface area contributed by atoms with Gasteiger partial charge in [0.25, 0.3) is 6.01 Å². The van der Waals surface area contributed by atoms with Crippen LogP contribution in [0.25, 0.3) is 34.1 Å². The van der Waals surface area contributed by atoms with E-state index in [0.717, 1.165) is 22.4 Å². The van der Waals surface area contributed by atoms with Crippen molar-refractivity contribution in [3.63, 3.8) is 0 Å². The van der Waals surface area contributed by atoms with E-state index in [1.54, 1.807) is 24.8 Å². The summed E-state index contributed by atoms with van der Waals surface area (Å²) in [6.07, 6.45) is 6.77. The number of benzene rings is 2. The summed E-state index contributed by atoms with van der Waals surface area (Å²) in [7, 11) is 0. The Balaban J connectivity index is 1.52. The molecule has 0 amide bonds. The number of oxazole rings is 2. The Morgan fingerprint density at radius 1 is 0.806 bits per heavy atom. The predicted molar refractivity (Wildman–Crippen MR) is 120 cm³/mol. The van der Waals surface area contributed by atoms with Crippen molar-refractivity contribution in [1.29, 1.82) is 0 Å². The molecule has 0 radical (unpaired) electrons. The standard InChI is InChI=1S/C24H19N5O2/c1-15-7-8-18(25)21(23-27-13-19(30-23)16-5-3-2-4-6-16)22(15)29-24-28-14-20(31-24)17-9-11-26-12-10-17/h2-14H,25H2,1H3,(H,28,29). The number of anilines is 3. The zero-order chi connectivity index (χ0) is 21.2. The second-order valence-electron chi connectivity index (χ2n) is 7.01. The SMILES string of the molecule is Cc1ccc(N)c(-c2ncc(-c3ccccc3)o2)c1Nc1ncc(-c2ccncc2)o1. The number of nitrogens with zero attached hydrogens (tertiary/aromatic N) is 3. The zero-order valence-corrected chi connectivity index (χ0v) is 16.7. The highest BCUT2D eigenvalue weighted by Gasteiger charge is 2.19. The molecule has 0 unspecified atom stereocenters. The molecule has 0 fully saturated rings. The van der Waals surface area contributed by atoms with Crippen LogP contribution in [0.15, 0.2) is 88.2 Å². The van der Waals surface area contributed by atoms with E-state index in [-0.39, 0.29) is 0 Å². The van der Waals surface area contributed by atoms with Crippen molar-refractivity contribution >= 4 is 17.4 Å². The van der Waals surface area contributed by atoms with E-state index >= 15 is 0 Å². The van der Waals surface area contributed by atoms with E-state index < -0.39 is 0 Å². The average molecular weight is 409 g/mol. The smallest absolute Gasteiger partial charge is 0.299 e. The number of nitrogens with two attached hydrogens (primary N) is 1. The average Bonchev–Trinajstić information content (AvgIpc) is 3.48. The first-order chi connectivity index (χ1) is 15.2. The number of hydrogen-bond donors (Lipinski definition) is 2. The third-order valence-corrected chi connectivity index (χ3v) is 4.93. The number of nitrogen functional groups attached to an aromatic ring is 1. The molecule has 3 aromatic heterocycles. The van der Waals surface area contributed by atoms with E-state index in [9.17, 15) is 0 Å². The third kappa shape index (κ3) is 3.64. The lowest BCUT2D eigenvalue weighted by Gasteiger charge is -2.13. The van der Waals surface area contributed by atoms with E-state index in [1.165, 1.54) is 0 Å². The van der Waals surface area contributed by atoms with Gasteiger partial charge in [0.05, 0.1) is 23.6 Å². The number of hydrogen-bond acceptors (Lipinski definition) is 7. The van der Waals surface area contributed by atoms with Crippen LogP contribution < -0.4 is 11.1 Å². The second kappa shape index (κ2) is 7.79. The van der Waals surface area contributed by atoms with Crippen LogP contribution in [0.5, 0.6) is 0 Å². The minimum absolute atomic E-state index is 0.344. The minimum Gasteiger partial charge on any atom is -0.436 e. The first-order valence-corrected chi connectivity index (χ1v) is 9.73. The molecule has 0 saturated carbocycles. The van der Waals surface area contributed by atoms with Crippen LogP contribution >= 0.6 is 0 Å². The van der Waals surface area contributed by atoms with Crippen molar-refractivity contribution in [3.05, 3.63) is 84.9 Å². The van der Waals surface area contributed by atoms with E-state index in [4.69, 9.17) is 14.6 Å². The summed E-state index contributed by atoms with van der Waals surface area (Å²) in [4.78, 5) is 12.9. The topological polar surface area (TPSA) is 103 Å². The summed E-state index contributed by atoms with van der Waals surface area (Å²) in [5, 5.41) is 3.25. The van der Waals surface area contributed by atoms with Gasteiger partial charge in [0.1, 0.15) is 0 Å². The fraction of sp³-hybridized carbons (Fsp3) is 0.0417. The van der Waals surface area contributed by atoms with Crippen LogP contribution in [-0.2, 0) is 0 Å². The van der Waals surface area contributed by atoms with Crippen molar-refractivity contribution in [1.82, 2.24) is 15.0 Å². The van der Waals surface area contributed by atoms with Gasteiger partial charge in [0, 0.05) is 29.2 Å². The summed E-state index contributed by atoms with van der Waals surface area (Å²) < 4.78 is 11.9. The maximum Gasteiger partial charge on any atom is 0.299 e. The van der Waals surface area contributed by atoms with Crippen LogP contribution in [-0.4, -0.2) is 15.0 Å². The predicted octanol–water partition coefficient (Wildman–Crippen LogP) is 5.69. The fourth-order valence-electron chi connectivity index (χ4n) is 3.33. The highest BCUT2D eigenvalue weighted by atomic mass is 16.4. The summed E-state index contributed by atoms with van der Waals surface area (Å²) >= 11 is 0. The van der Waals surface area contributed by atoms with Crippen LogP contribution in [0, 0.1) is 6.92 Å². The summed E-state index contributed by atoms with van der Waals surface area (Å²) in [6.45, 7) is 1.97. The minimum atomic E-state index is 0.344. The molecule has 7 heteroatoms. The van der Waals surface area contributed by atoms with Gasteiger partial charge < -0.3 is 19.9 Å². The van der Waals surface area contributed by atoms with Crippen molar-refractivity contribution in [3.8, 4) is 34.1 Å². The van der Waals surface area contributed by atoms with Crippen LogP contribution in [0.3, 0.4) is 0 Å². The lowest BCUT2D eigenvalue weighted by atomic mass is 10.1. The van der Waals surface area contributed by atoms with E-state index in [2.05, 4.69) is 20.3 Å². The number of rotatable bonds is 5. The Hall–Kier alpha value is -4.39. The fourth-order valence-corrected chi connectivity index (χ4v) is 3.33. The highest BCUT2D eigenvalue weighted by molar-refractivity contribution is 5.87. The molecule has 152 valence electrons. The number of aromatic nitrogens is 3. The first kappa shape index (κ1) is 18.6. The molecule has 0 bridgehead atoms. The molecule has 0 saturated heterocycles. The van der Waals surface area contributed by atoms with Crippen LogP contribution in [0.4, 0.5) is 17.4 Å². The first-order valence-electron chi connectivity index (χ1n) is 9.73. The maximum atomic E-state index is 6.32. The number of nitrogens with one attached hydrogen (secondary N) is 1. The number of aryl methyl sites for hydroxylation is 1. The molecule has 31 heavy (non-hydrogen) atoms. The molecule has 3 heterocycles. The largest absolute Gasteiger partial charge is 0.436 e. The Bertz CT molecular complexity index is 1330. The Kier molecular flexibility index (Phi) is 4.68. The number of pyridine rings is 1. The van der Waals surface area contributed by atoms with Gasteiger partial charge in [0.2, 0.25) is 5.89 Å². The van der Waals surface area contributed by atoms with Gasteiger partial charge in [0.15, 0.2) is 11.5 Å². The van der Waals surface area contributed by atoms with Gasteiger partial charge in [-0.2, -0.15) is 0 Å². The maximum absolute atomic E-state index is 6.32. The van der Waals surface area contributed by atoms with Gasteiger partial charge in [-0.1, -0.05) is 36.4 Å². The van der Waals surface area contributed by atoms with E-state index in [1.807, 2.05) is 61.5 Å². The van der Waals surface area contributed by atoms with Gasteiger partial charge in [-0.25, -0.2) is 9.97 Å². The van der Waals surface area contributed by atoms with Gasteiger partial charge in [-0.15, -0.1) is 0 Å². The Morgan fingerprint density at radius 2 is 1.52 bits per heavy atom. The summed E-state index contributed by atoms with van der Waals surface area (Å²) in [5.74, 6) is 1.72. The molecular formula is C24H19N5O2. The molecule has 0 aliphatic rings. The second-order valence-corrected chi connectivity index (χ2v) is 7.01. The molecule has 0 spiro atoms. The molecule has 5 rings (SSSR count). The lowest BCUT2D eigenvalue weighted by Crippen LogP contribution is -2.00. The summed E-state index contributed by atoms with van der Waals surface area (Å²) in [5.41, 5.74) is 11.0. The summed E-state index contributed by atoms with van der Waals surface area (Å²) in [6, 6.07) is 17.6. The quantitative estimate of drug-likeness (QED) is 0.359. The zero-order valence-electron chi connectivity index (χ0n) is 16.7. The van der Waals surface area contributed by atoms with Crippen LogP contribution in [0.2, 0.25) is 0 Å². The van der Waals surface area contributed by atoms with Crippen molar-refractivity contribution in [2.45, 2.75) is 6.92 Å². The van der Waals surface area contributed by atoms with Gasteiger partial charge in [-0.05, 0) is 30.7 Å².